The minimum Gasteiger partial charge on any atom is -0.484 e. The second kappa shape index (κ2) is 7.42. The summed E-state index contributed by atoms with van der Waals surface area (Å²) in [7, 11) is 0. The van der Waals surface area contributed by atoms with Crippen LogP contribution in [0.5, 0.6) is 5.75 Å². The monoisotopic (exact) mass is 397 g/mol. The van der Waals surface area contributed by atoms with Crippen molar-refractivity contribution in [3.05, 3.63) is 57.6 Å². The van der Waals surface area contributed by atoms with Gasteiger partial charge in [-0.2, -0.15) is 16.3 Å². The van der Waals surface area contributed by atoms with Gasteiger partial charge in [0, 0.05) is 23.4 Å². The van der Waals surface area contributed by atoms with Gasteiger partial charge in [-0.1, -0.05) is 5.16 Å². The summed E-state index contributed by atoms with van der Waals surface area (Å²) in [5, 5.41) is 8.71. The predicted octanol–water partition coefficient (Wildman–Crippen LogP) is 5.01. The van der Waals surface area contributed by atoms with E-state index in [1.165, 1.54) is 11.3 Å². The Kier molecular flexibility index (Phi) is 4.83. The van der Waals surface area contributed by atoms with Crippen LogP contribution < -0.4 is 4.74 Å². The molecule has 0 unspecified atom stereocenters. The first-order valence-corrected chi connectivity index (χ1v) is 9.93. The van der Waals surface area contributed by atoms with Gasteiger partial charge < -0.3 is 9.26 Å². The van der Waals surface area contributed by atoms with Gasteiger partial charge in [-0.05, 0) is 42.6 Å². The van der Waals surface area contributed by atoms with Crippen LogP contribution in [0.3, 0.4) is 0 Å². The van der Waals surface area contributed by atoms with E-state index in [-0.39, 0.29) is 12.4 Å². The number of ketones is 1. The van der Waals surface area contributed by atoms with Crippen molar-refractivity contribution in [2.24, 2.45) is 0 Å². The fourth-order valence-corrected chi connectivity index (χ4v) is 4.11. The standard InChI is InChI=1S/C19H15N3O3S2/c1-11-17(12(2)23)27-19(20-11)13-3-5-15(6-4-13)24-9-16-21-18(22-25-16)14-7-8-26-10-14/h3-8,10H,9H2,1-2H3. The topological polar surface area (TPSA) is 78.1 Å². The van der Waals surface area contributed by atoms with E-state index in [1.807, 2.05) is 48.0 Å². The van der Waals surface area contributed by atoms with Gasteiger partial charge in [0.2, 0.25) is 5.82 Å². The highest BCUT2D eigenvalue weighted by atomic mass is 32.1. The number of hydrogen-bond donors (Lipinski definition) is 0. The number of aromatic nitrogens is 3. The summed E-state index contributed by atoms with van der Waals surface area (Å²) in [4.78, 5) is 21.1. The molecule has 136 valence electrons. The van der Waals surface area contributed by atoms with Gasteiger partial charge >= 0.3 is 0 Å². The van der Waals surface area contributed by atoms with Crippen LogP contribution in [-0.4, -0.2) is 20.9 Å². The van der Waals surface area contributed by atoms with Gasteiger partial charge in [-0.25, -0.2) is 4.98 Å². The van der Waals surface area contributed by atoms with Crippen LogP contribution in [0.15, 0.2) is 45.6 Å². The quantitative estimate of drug-likeness (QED) is 0.426. The molecule has 0 aliphatic rings. The molecule has 0 radical (unpaired) electrons. The SMILES string of the molecule is CC(=O)c1sc(-c2ccc(OCc3nc(-c4ccsc4)no3)cc2)nc1C. The Balaban J connectivity index is 1.42. The lowest BCUT2D eigenvalue weighted by Crippen LogP contribution is -1.95. The average Bonchev–Trinajstić information content (AvgIpc) is 3.40. The van der Waals surface area contributed by atoms with Crippen LogP contribution in [0.25, 0.3) is 22.0 Å². The van der Waals surface area contributed by atoms with E-state index < -0.39 is 0 Å². The van der Waals surface area contributed by atoms with Crippen molar-refractivity contribution in [1.29, 1.82) is 0 Å². The Hall–Kier alpha value is -2.84. The molecule has 0 saturated carbocycles. The fraction of sp³-hybridized carbons (Fsp3) is 0.158. The minimum absolute atomic E-state index is 0.0394. The smallest absolute Gasteiger partial charge is 0.264 e. The van der Waals surface area contributed by atoms with E-state index in [9.17, 15) is 4.79 Å². The summed E-state index contributed by atoms with van der Waals surface area (Å²) in [6, 6.07) is 9.49. The van der Waals surface area contributed by atoms with E-state index in [0.717, 1.165) is 21.8 Å². The molecule has 1 aromatic carbocycles. The largest absolute Gasteiger partial charge is 0.484 e. The van der Waals surface area contributed by atoms with Gasteiger partial charge in [0.25, 0.3) is 5.89 Å². The molecular formula is C19H15N3O3S2. The third kappa shape index (κ3) is 3.81. The van der Waals surface area contributed by atoms with E-state index in [0.29, 0.717) is 22.3 Å². The highest BCUT2D eigenvalue weighted by Gasteiger charge is 2.13. The van der Waals surface area contributed by atoms with Gasteiger partial charge in [-0.15, -0.1) is 11.3 Å². The molecule has 3 aromatic heterocycles. The molecule has 3 heterocycles. The number of benzene rings is 1. The second-order valence-corrected chi connectivity index (χ2v) is 7.61. The van der Waals surface area contributed by atoms with E-state index in [1.54, 1.807) is 18.3 Å². The Labute approximate surface area is 163 Å². The van der Waals surface area contributed by atoms with Crippen molar-refractivity contribution < 1.29 is 14.1 Å². The van der Waals surface area contributed by atoms with Gasteiger partial charge in [0.15, 0.2) is 12.4 Å². The molecule has 0 saturated heterocycles. The van der Waals surface area contributed by atoms with Crippen LogP contribution in [-0.2, 0) is 6.61 Å². The number of thiophene rings is 1. The second-order valence-electron chi connectivity index (χ2n) is 5.83. The molecule has 0 amide bonds. The molecule has 0 fully saturated rings. The zero-order valence-corrected chi connectivity index (χ0v) is 16.3. The molecule has 8 heteroatoms. The number of rotatable bonds is 6. The summed E-state index contributed by atoms with van der Waals surface area (Å²) >= 11 is 2.99. The third-order valence-electron chi connectivity index (χ3n) is 3.83. The van der Waals surface area contributed by atoms with Gasteiger partial charge in [0.05, 0.1) is 10.6 Å². The molecule has 0 N–H and O–H groups in total. The lowest BCUT2D eigenvalue weighted by Gasteiger charge is -2.03. The Morgan fingerprint density at radius 1 is 1.15 bits per heavy atom. The number of Topliss-reactive ketones (excluding diaryl/α,β-unsaturated/α-hetero) is 1. The number of hydrogen-bond acceptors (Lipinski definition) is 8. The first-order valence-electron chi connectivity index (χ1n) is 8.17. The molecular weight excluding hydrogens is 382 g/mol. The van der Waals surface area contributed by atoms with Crippen molar-refractivity contribution in [1.82, 2.24) is 15.1 Å². The lowest BCUT2D eigenvalue weighted by atomic mass is 10.2. The molecule has 0 aliphatic heterocycles. The first kappa shape index (κ1) is 17.6. The number of carbonyl (C=O) groups excluding carboxylic acids is 1. The number of aryl methyl sites for hydroxylation is 1. The molecule has 0 aliphatic carbocycles. The molecule has 4 rings (SSSR count). The third-order valence-corrected chi connectivity index (χ3v) is 5.82. The summed E-state index contributed by atoms with van der Waals surface area (Å²) in [5.74, 6) is 1.71. The predicted molar refractivity (Wildman–Crippen MR) is 104 cm³/mol. The van der Waals surface area contributed by atoms with E-state index in [2.05, 4.69) is 15.1 Å². The van der Waals surface area contributed by atoms with Crippen molar-refractivity contribution in [2.45, 2.75) is 20.5 Å². The normalized spacial score (nSPS) is 10.9. The van der Waals surface area contributed by atoms with Gasteiger partial charge in [-0.3, -0.25) is 4.79 Å². The Morgan fingerprint density at radius 2 is 1.96 bits per heavy atom. The lowest BCUT2D eigenvalue weighted by molar-refractivity contribution is 0.102. The molecule has 0 bridgehead atoms. The van der Waals surface area contributed by atoms with Crippen LogP contribution in [0.2, 0.25) is 0 Å². The first-order chi connectivity index (χ1) is 13.1. The summed E-state index contributed by atoms with van der Waals surface area (Å²) in [6.45, 7) is 3.60. The van der Waals surface area contributed by atoms with Gasteiger partial charge in [0.1, 0.15) is 10.8 Å². The molecule has 6 nitrogen and oxygen atoms in total. The van der Waals surface area contributed by atoms with Crippen molar-refractivity contribution in [3.8, 4) is 27.7 Å². The molecule has 0 spiro atoms. The zero-order valence-electron chi connectivity index (χ0n) is 14.6. The fourth-order valence-electron chi connectivity index (χ4n) is 2.51. The minimum atomic E-state index is 0.0394. The van der Waals surface area contributed by atoms with Crippen LogP contribution in [0.1, 0.15) is 28.2 Å². The number of carbonyl (C=O) groups is 1. The molecule has 27 heavy (non-hydrogen) atoms. The van der Waals surface area contributed by atoms with Crippen molar-refractivity contribution in [2.75, 3.05) is 0 Å². The van der Waals surface area contributed by atoms with Crippen molar-refractivity contribution >= 4 is 28.5 Å². The average molecular weight is 397 g/mol. The van der Waals surface area contributed by atoms with Crippen LogP contribution >= 0.6 is 22.7 Å². The maximum atomic E-state index is 11.6. The van der Waals surface area contributed by atoms with E-state index >= 15 is 0 Å². The number of ether oxygens (including phenoxy) is 1. The maximum Gasteiger partial charge on any atom is 0.264 e. The summed E-state index contributed by atoms with van der Waals surface area (Å²) in [6.07, 6.45) is 0. The number of thiazole rings is 1. The number of nitrogens with zero attached hydrogens (tertiary/aromatic N) is 3. The zero-order chi connectivity index (χ0) is 18.8. The summed E-state index contributed by atoms with van der Waals surface area (Å²) in [5.41, 5.74) is 2.64. The molecule has 4 aromatic rings. The van der Waals surface area contributed by atoms with Crippen LogP contribution in [0, 0.1) is 6.92 Å². The molecule has 0 atom stereocenters. The van der Waals surface area contributed by atoms with Crippen molar-refractivity contribution in [3.63, 3.8) is 0 Å². The Bertz CT molecular complexity index is 1070. The maximum absolute atomic E-state index is 11.6. The van der Waals surface area contributed by atoms with E-state index in [4.69, 9.17) is 9.26 Å². The van der Waals surface area contributed by atoms with Crippen LogP contribution in [0.4, 0.5) is 0 Å². The highest BCUT2D eigenvalue weighted by Crippen LogP contribution is 2.29. The highest BCUT2D eigenvalue weighted by molar-refractivity contribution is 7.17. The Morgan fingerprint density at radius 3 is 2.63 bits per heavy atom. The summed E-state index contributed by atoms with van der Waals surface area (Å²) < 4.78 is 10.9.